The van der Waals surface area contributed by atoms with Crippen LogP contribution >= 0.6 is 11.6 Å². The maximum absolute atomic E-state index is 12.2. The van der Waals surface area contributed by atoms with Gasteiger partial charge in [-0.25, -0.2) is 4.98 Å². The molecular formula is C14H13ClN2O. The number of hydrogen-bond donors (Lipinski definition) is 0. The van der Waals surface area contributed by atoms with Gasteiger partial charge < -0.3 is 4.90 Å². The lowest BCUT2D eigenvalue weighted by atomic mass is 10.2. The van der Waals surface area contributed by atoms with Crippen molar-refractivity contribution in [1.82, 2.24) is 9.88 Å². The van der Waals surface area contributed by atoms with Gasteiger partial charge in [-0.2, -0.15) is 0 Å². The van der Waals surface area contributed by atoms with Crippen LogP contribution in [0.4, 0.5) is 0 Å². The molecule has 4 heteroatoms. The van der Waals surface area contributed by atoms with Crippen molar-refractivity contribution in [3.05, 3.63) is 64.9 Å². The van der Waals surface area contributed by atoms with Crippen molar-refractivity contribution >= 4 is 17.5 Å². The predicted molar refractivity (Wildman–Crippen MR) is 71.5 cm³/mol. The second kappa shape index (κ2) is 5.65. The number of carbonyl (C=O) groups excluding carboxylic acids is 1. The molecule has 0 saturated heterocycles. The number of aromatic nitrogens is 1. The summed E-state index contributed by atoms with van der Waals surface area (Å²) in [6.45, 7) is 0.547. The lowest BCUT2D eigenvalue weighted by Gasteiger charge is -2.17. The molecule has 92 valence electrons. The van der Waals surface area contributed by atoms with Crippen molar-refractivity contribution in [2.24, 2.45) is 0 Å². The molecule has 0 aliphatic carbocycles. The SMILES string of the molecule is CN(Cc1ccccc1)C(=O)c1cccnc1Cl. The Morgan fingerprint density at radius 1 is 1.22 bits per heavy atom. The molecule has 0 radical (unpaired) electrons. The zero-order valence-corrected chi connectivity index (χ0v) is 10.8. The summed E-state index contributed by atoms with van der Waals surface area (Å²) in [6.07, 6.45) is 1.57. The lowest BCUT2D eigenvalue weighted by Crippen LogP contribution is -2.26. The highest BCUT2D eigenvalue weighted by molar-refractivity contribution is 6.32. The fraction of sp³-hybridized carbons (Fsp3) is 0.143. The zero-order valence-electron chi connectivity index (χ0n) is 10.0. The molecule has 1 amide bonds. The van der Waals surface area contributed by atoms with Gasteiger partial charge in [-0.15, -0.1) is 0 Å². The first-order valence-electron chi connectivity index (χ1n) is 5.58. The number of halogens is 1. The first-order chi connectivity index (χ1) is 8.68. The van der Waals surface area contributed by atoms with E-state index in [0.717, 1.165) is 5.56 Å². The summed E-state index contributed by atoms with van der Waals surface area (Å²) in [6, 6.07) is 13.2. The Hall–Kier alpha value is -1.87. The molecule has 1 heterocycles. The molecule has 3 nitrogen and oxygen atoms in total. The Morgan fingerprint density at radius 3 is 2.61 bits per heavy atom. The Morgan fingerprint density at radius 2 is 1.94 bits per heavy atom. The molecule has 0 bridgehead atoms. The lowest BCUT2D eigenvalue weighted by molar-refractivity contribution is 0.0785. The van der Waals surface area contributed by atoms with Crippen LogP contribution in [0.15, 0.2) is 48.7 Å². The number of amides is 1. The molecule has 0 saturated carbocycles. The molecule has 2 aromatic rings. The first-order valence-corrected chi connectivity index (χ1v) is 5.96. The third kappa shape index (κ3) is 2.87. The van der Waals surface area contributed by atoms with E-state index in [0.29, 0.717) is 12.1 Å². The minimum Gasteiger partial charge on any atom is -0.337 e. The molecule has 0 aliphatic rings. The summed E-state index contributed by atoms with van der Waals surface area (Å²) >= 11 is 5.91. The highest BCUT2D eigenvalue weighted by Crippen LogP contribution is 2.15. The standard InChI is InChI=1S/C14H13ClN2O/c1-17(10-11-6-3-2-4-7-11)14(18)12-8-5-9-16-13(12)15/h2-9H,10H2,1H3. The van der Waals surface area contributed by atoms with Crippen LogP contribution in [0.3, 0.4) is 0 Å². The minimum absolute atomic E-state index is 0.128. The minimum atomic E-state index is -0.128. The van der Waals surface area contributed by atoms with E-state index in [1.54, 1.807) is 30.3 Å². The fourth-order valence-corrected chi connectivity index (χ4v) is 1.88. The van der Waals surface area contributed by atoms with Gasteiger partial charge in [0, 0.05) is 19.8 Å². The van der Waals surface area contributed by atoms with Crippen molar-refractivity contribution in [2.45, 2.75) is 6.54 Å². The third-order valence-electron chi connectivity index (χ3n) is 2.60. The highest BCUT2D eigenvalue weighted by Gasteiger charge is 2.15. The van der Waals surface area contributed by atoms with Crippen LogP contribution in [0.25, 0.3) is 0 Å². The molecule has 18 heavy (non-hydrogen) atoms. The van der Waals surface area contributed by atoms with Crippen LogP contribution in [0.2, 0.25) is 5.15 Å². The third-order valence-corrected chi connectivity index (χ3v) is 2.90. The van der Waals surface area contributed by atoms with Crippen molar-refractivity contribution in [1.29, 1.82) is 0 Å². The molecule has 0 unspecified atom stereocenters. The van der Waals surface area contributed by atoms with Crippen molar-refractivity contribution in [3.63, 3.8) is 0 Å². The molecular weight excluding hydrogens is 248 g/mol. The zero-order chi connectivity index (χ0) is 13.0. The molecule has 0 N–H and O–H groups in total. The number of carbonyl (C=O) groups is 1. The maximum atomic E-state index is 12.2. The largest absolute Gasteiger partial charge is 0.337 e. The smallest absolute Gasteiger partial charge is 0.257 e. The number of benzene rings is 1. The molecule has 0 spiro atoms. The molecule has 0 aliphatic heterocycles. The summed E-state index contributed by atoms with van der Waals surface area (Å²) in [4.78, 5) is 17.7. The molecule has 2 rings (SSSR count). The Labute approximate surface area is 111 Å². The average Bonchev–Trinajstić information content (AvgIpc) is 2.39. The first kappa shape index (κ1) is 12.6. The summed E-state index contributed by atoms with van der Waals surface area (Å²) in [5.74, 6) is -0.128. The molecule has 0 atom stereocenters. The number of nitrogens with zero attached hydrogens (tertiary/aromatic N) is 2. The van der Waals surface area contributed by atoms with E-state index in [9.17, 15) is 4.79 Å². The number of hydrogen-bond acceptors (Lipinski definition) is 2. The van der Waals surface area contributed by atoms with Gasteiger partial charge in [0.15, 0.2) is 0 Å². The normalized spacial score (nSPS) is 10.1. The number of rotatable bonds is 3. The van der Waals surface area contributed by atoms with Gasteiger partial charge in [-0.1, -0.05) is 41.9 Å². The van der Waals surface area contributed by atoms with Gasteiger partial charge in [-0.05, 0) is 17.7 Å². The average molecular weight is 261 g/mol. The van der Waals surface area contributed by atoms with Crippen LogP contribution in [-0.4, -0.2) is 22.8 Å². The van der Waals surface area contributed by atoms with Gasteiger partial charge >= 0.3 is 0 Å². The molecule has 1 aromatic carbocycles. The Kier molecular flexibility index (Phi) is 3.95. The van der Waals surface area contributed by atoms with Crippen LogP contribution in [0, 0.1) is 0 Å². The fourth-order valence-electron chi connectivity index (χ4n) is 1.68. The van der Waals surface area contributed by atoms with Crippen LogP contribution < -0.4 is 0 Å². The van der Waals surface area contributed by atoms with Crippen LogP contribution in [-0.2, 0) is 6.54 Å². The van der Waals surface area contributed by atoms with E-state index in [4.69, 9.17) is 11.6 Å². The molecule has 1 aromatic heterocycles. The van der Waals surface area contributed by atoms with Crippen LogP contribution in [0.5, 0.6) is 0 Å². The highest BCUT2D eigenvalue weighted by atomic mass is 35.5. The Balaban J connectivity index is 2.13. The number of pyridine rings is 1. The van der Waals surface area contributed by atoms with Crippen LogP contribution in [0.1, 0.15) is 15.9 Å². The van der Waals surface area contributed by atoms with Gasteiger partial charge in [0.05, 0.1) is 5.56 Å². The summed E-state index contributed by atoms with van der Waals surface area (Å²) in [5.41, 5.74) is 1.51. The van der Waals surface area contributed by atoms with Gasteiger partial charge in [0.1, 0.15) is 5.15 Å². The topological polar surface area (TPSA) is 33.2 Å². The van der Waals surface area contributed by atoms with E-state index in [1.807, 2.05) is 30.3 Å². The molecule has 0 fully saturated rings. The second-order valence-electron chi connectivity index (χ2n) is 3.99. The van der Waals surface area contributed by atoms with E-state index in [2.05, 4.69) is 4.98 Å². The van der Waals surface area contributed by atoms with Gasteiger partial charge in [0.2, 0.25) is 0 Å². The summed E-state index contributed by atoms with van der Waals surface area (Å²) in [5, 5.41) is 0.238. The summed E-state index contributed by atoms with van der Waals surface area (Å²) < 4.78 is 0. The quantitative estimate of drug-likeness (QED) is 0.795. The second-order valence-corrected chi connectivity index (χ2v) is 4.35. The van der Waals surface area contributed by atoms with E-state index >= 15 is 0 Å². The van der Waals surface area contributed by atoms with Gasteiger partial charge in [-0.3, -0.25) is 4.79 Å². The van der Waals surface area contributed by atoms with Gasteiger partial charge in [0.25, 0.3) is 5.91 Å². The van der Waals surface area contributed by atoms with E-state index in [-0.39, 0.29) is 11.1 Å². The predicted octanol–water partition coefficient (Wildman–Crippen LogP) is 3.01. The summed E-state index contributed by atoms with van der Waals surface area (Å²) in [7, 11) is 1.75. The van der Waals surface area contributed by atoms with Crippen molar-refractivity contribution < 1.29 is 4.79 Å². The maximum Gasteiger partial charge on any atom is 0.257 e. The van der Waals surface area contributed by atoms with E-state index in [1.165, 1.54) is 0 Å². The monoisotopic (exact) mass is 260 g/mol. The van der Waals surface area contributed by atoms with Crippen molar-refractivity contribution in [2.75, 3.05) is 7.05 Å². The van der Waals surface area contributed by atoms with Crippen molar-refractivity contribution in [3.8, 4) is 0 Å². The Bertz CT molecular complexity index is 543. The van der Waals surface area contributed by atoms with E-state index < -0.39 is 0 Å².